The minimum Gasteiger partial charge on any atom is -0.378 e. The number of thioether (sulfide) groups is 1. The van der Waals surface area contributed by atoms with Crippen molar-refractivity contribution in [1.29, 1.82) is 0 Å². The number of benzene rings is 1. The molecule has 0 saturated heterocycles. The Morgan fingerprint density at radius 1 is 1.32 bits per heavy atom. The molecular weight excluding hydrogens is 298 g/mol. The van der Waals surface area contributed by atoms with E-state index in [4.69, 9.17) is 0 Å². The molecule has 2 rings (SSSR count). The quantitative estimate of drug-likeness (QED) is 0.762. The molecule has 0 unspecified atom stereocenters. The number of hydrogen-bond acceptors (Lipinski definition) is 5. The van der Waals surface area contributed by atoms with Crippen molar-refractivity contribution in [2.45, 2.75) is 25.0 Å². The zero-order valence-corrected chi connectivity index (χ0v) is 13.9. The number of carbonyl (C=O) groups is 1. The van der Waals surface area contributed by atoms with Gasteiger partial charge in [0.1, 0.15) is 5.82 Å². The average molecular weight is 319 g/mol. The molecule has 2 aromatic rings. The Labute approximate surface area is 134 Å². The second-order valence-corrected chi connectivity index (χ2v) is 5.99. The second kappa shape index (κ2) is 7.84. The third kappa shape index (κ3) is 4.77. The van der Waals surface area contributed by atoms with Crippen molar-refractivity contribution in [2.75, 3.05) is 24.7 Å². The summed E-state index contributed by atoms with van der Waals surface area (Å²) < 4.78 is 0. The lowest BCUT2D eigenvalue weighted by Gasteiger charge is -2.12. The average Bonchev–Trinajstić information content (AvgIpc) is 2.99. The molecule has 0 fully saturated rings. The fourth-order valence-electron chi connectivity index (χ4n) is 1.79. The van der Waals surface area contributed by atoms with Gasteiger partial charge in [-0.2, -0.15) is 0 Å². The number of nitrogens with zero attached hydrogens (tertiary/aromatic N) is 3. The van der Waals surface area contributed by atoms with Crippen LogP contribution in [0.3, 0.4) is 0 Å². The van der Waals surface area contributed by atoms with Crippen LogP contribution in [0, 0.1) is 0 Å². The molecule has 6 nitrogen and oxygen atoms in total. The number of anilines is 1. The lowest BCUT2D eigenvalue weighted by Crippen LogP contribution is -2.24. The number of nitrogens with one attached hydrogen (secondary N) is 2. The number of H-pyrrole nitrogens is 1. The van der Waals surface area contributed by atoms with Crippen molar-refractivity contribution in [1.82, 2.24) is 20.5 Å². The van der Waals surface area contributed by atoms with E-state index in [-0.39, 0.29) is 5.91 Å². The van der Waals surface area contributed by atoms with Gasteiger partial charge in [-0.1, -0.05) is 30.8 Å². The van der Waals surface area contributed by atoms with Crippen LogP contribution in [0.5, 0.6) is 0 Å². The topological polar surface area (TPSA) is 73.9 Å². The summed E-state index contributed by atoms with van der Waals surface area (Å²) in [5.74, 6) is 1.13. The molecule has 0 spiro atoms. The Morgan fingerprint density at radius 2 is 2.05 bits per heavy atom. The number of rotatable bonds is 7. The van der Waals surface area contributed by atoms with Gasteiger partial charge in [-0.25, -0.2) is 4.98 Å². The van der Waals surface area contributed by atoms with Gasteiger partial charge < -0.3 is 10.2 Å². The van der Waals surface area contributed by atoms with Gasteiger partial charge in [0.15, 0.2) is 0 Å². The summed E-state index contributed by atoms with van der Waals surface area (Å²) in [6, 6.07) is 8.11. The smallest absolute Gasteiger partial charge is 0.230 e. The van der Waals surface area contributed by atoms with Crippen LogP contribution in [-0.2, 0) is 17.8 Å². The summed E-state index contributed by atoms with van der Waals surface area (Å²) in [5, 5.41) is 10.4. The maximum Gasteiger partial charge on any atom is 0.230 e. The maximum absolute atomic E-state index is 11.8. The summed E-state index contributed by atoms with van der Waals surface area (Å²) in [7, 11) is 4.00. The Bertz CT molecular complexity index is 609. The second-order valence-electron chi connectivity index (χ2n) is 5.04. The monoisotopic (exact) mass is 319 g/mol. The van der Waals surface area contributed by atoms with E-state index in [9.17, 15) is 4.79 Å². The van der Waals surface area contributed by atoms with Crippen molar-refractivity contribution < 1.29 is 4.79 Å². The molecule has 0 aliphatic heterocycles. The molecule has 2 N–H and O–H groups in total. The zero-order chi connectivity index (χ0) is 15.9. The van der Waals surface area contributed by atoms with Gasteiger partial charge in [0.05, 0.1) is 5.75 Å². The van der Waals surface area contributed by atoms with E-state index in [0.29, 0.717) is 17.5 Å². The molecule has 0 atom stereocenters. The summed E-state index contributed by atoms with van der Waals surface area (Å²) >= 11 is 1.33. The van der Waals surface area contributed by atoms with Crippen LogP contribution in [-0.4, -0.2) is 40.9 Å². The molecule has 0 aliphatic carbocycles. The van der Waals surface area contributed by atoms with E-state index in [1.54, 1.807) is 0 Å². The minimum atomic E-state index is -0.0236. The van der Waals surface area contributed by atoms with E-state index >= 15 is 0 Å². The summed E-state index contributed by atoms with van der Waals surface area (Å²) in [5.41, 5.74) is 2.22. The van der Waals surface area contributed by atoms with Gasteiger partial charge in [0.2, 0.25) is 11.1 Å². The van der Waals surface area contributed by atoms with Gasteiger partial charge in [-0.05, 0) is 17.7 Å². The first-order valence-electron chi connectivity index (χ1n) is 7.15. The number of hydrogen-bond donors (Lipinski definition) is 2. The van der Waals surface area contributed by atoms with Crippen molar-refractivity contribution in [2.24, 2.45) is 0 Å². The van der Waals surface area contributed by atoms with Crippen LogP contribution in [0.2, 0.25) is 0 Å². The maximum atomic E-state index is 11.8. The Balaban J connectivity index is 1.75. The lowest BCUT2D eigenvalue weighted by molar-refractivity contribution is -0.118. The number of aryl methyl sites for hydroxylation is 1. The predicted molar refractivity (Wildman–Crippen MR) is 89.1 cm³/mol. The standard InChI is InChI=1S/C15H21N5OS/c1-4-13-17-15(19-18-13)22-10-14(21)16-9-11-5-7-12(8-6-11)20(2)3/h5-8H,4,9-10H2,1-3H3,(H,16,21)(H,17,18,19). The highest BCUT2D eigenvalue weighted by Crippen LogP contribution is 2.13. The highest BCUT2D eigenvalue weighted by molar-refractivity contribution is 7.99. The Hall–Kier alpha value is -2.02. The van der Waals surface area contributed by atoms with Crippen molar-refractivity contribution in [3.63, 3.8) is 0 Å². The van der Waals surface area contributed by atoms with Crippen molar-refractivity contribution in [3.8, 4) is 0 Å². The Morgan fingerprint density at radius 3 is 2.64 bits per heavy atom. The fraction of sp³-hybridized carbons (Fsp3) is 0.400. The third-order valence-electron chi connectivity index (χ3n) is 3.12. The number of amides is 1. The fourth-order valence-corrected chi connectivity index (χ4v) is 2.44. The molecule has 0 aliphatic rings. The molecule has 118 valence electrons. The predicted octanol–water partition coefficient (Wildman–Crippen LogP) is 1.84. The van der Waals surface area contributed by atoms with Gasteiger partial charge in [0.25, 0.3) is 0 Å². The van der Waals surface area contributed by atoms with Crippen molar-refractivity contribution >= 4 is 23.4 Å². The number of aromatic nitrogens is 3. The largest absolute Gasteiger partial charge is 0.378 e. The molecular formula is C15H21N5OS. The zero-order valence-electron chi connectivity index (χ0n) is 13.1. The summed E-state index contributed by atoms with van der Waals surface area (Å²) in [4.78, 5) is 18.1. The van der Waals surface area contributed by atoms with E-state index in [1.165, 1.54) is 11.8 Å². The number of carbonyl (C=O) groups excluding carboxylic acids is 1. The molecule has 7 heteroatoms. The van der Waals surface area contributed by atoms with Gasteiger partial charge >= 0.3 is 0 Å². The van der Waals surface area contributed by atoms with E-state index in [0.717, 1.165) is 23.5 Å². The van der Waals surface area contributed by atoms with Crippen molar-refractivity contribution in [3.05, 3.63) is 35.7 Å². The lowest BCUT2D eigenvalue weighted by atomic mass is 10.2. The van der Waals surface area contributed by atoms with E-state index in [2.05, 4.69) is 20.5 Å². The SMILES string of the molecule is CCc1nc(SCC(=O)NCc2ccc(N(C)C)cc2)n[nH]1. The highest BCUT2D eigenvalue weighted by atomic mass is 32.2. The van der Waals surface area contributed by atoms with Gasteiger partial charge in [0, 0.05) is 32.7 Å². The van der Waals surface area contributed by atoms with E-state index in [1.807, 2.05) is 50.2 Å². The molecule has 1 aromatic heterocycles. The third-order valence-corrected chi connectivity index (χ3v) is 3.97. The minimum absolute atomic E-state index is 0.0236. The van der Waals surface area contributed by atoms with Crippen LogP contribution in [0.4, 0.5) is 5.69 Å². The molecule has 0 saturated carbocycles. The molecule has 1 amide bonds. The first-order valence-corrected chi connectivity index (χ1v) is 8.14. The van der Waals surface area contributed by atoms with Gasteiger partial charge in [-0.3, -0.25) is 9.89 Å². The highest BCUT2D eigenvalue weighted by Gasteiger charge is 2.07. The molecule has 1 aromatic carbocycles. The van der Waals surface area contributed by atoms with Crippen LogP contribution < -0.4 is 10.2 Å². The van der Waals surface area contributed by atoms with Crippen LogP contribution in [0.25, 0.3) is 0 Å². The normalized spacial score (nSPS) is 10.5. The van der Waals surface area contributed by atoms with Crippen LogP contribution in [0.1, 0.15) is 18.3 Å². The summed E-state index contributed by atoms with van der Waals surface area (Å²) in [6.45, 7) is 2.53. The molecule has 1 heterocycles. The Kier molecular flexibility index (Phi) is 5.83. The molecule has 0 radical (unpaired) electrons. The number of aromatic amines is 1. The van der Waals surface area contributed by atoms with Crippen LogP contribution in [0.15, 0.2) is 29.4 Å². The van der Waals surface area contributed by atoms with Gasteiger partial charge in [-0.15, -0.1) is 5.10 Å². The first-order chi connectivity index (χ1) is 10.6. The van der Waals surface area contributed by atoms with E-state index < -0.39 is 0 Å². The molecule has 0 bridgehead atoms. The summed E-state index contributed by atoms with van der Waals surface area (Å²) in [6.07, 6.45) is 0.808. The molecule has 22 heavy (non-hydrogen) atoms. The first kappa shape index (κ1) is 16.4. The van der Waals surface area contributed by atoms with Crippen LogP contribution >= 0.6 is 11.8 Å².